The number of aromatic nitrogens is 2. The average Bonchev–Trinajstić information content (AvgIpc) is 2.47. The quantitative estimate of drug-likeness (QED) is 0.842. The van der Waals surface area contributed by atoms with Crippen LogP contribution in [-0.2, 0) is 9.53 Å². The van der Waals surface area contributed by atoms with Crippen LogP contribution in [0.3, 0.4) is 0 Å². The fourth-order valence-corrected chi connectivity index (χ4v) is 2.10. The van der Waals surface area contributed by atoms with Crippen LogP contribution in [0.25, 0.3) is 5.65 Å². The summed E-state index contributed by atoms with van der Waals surface area (Å²) in [4.78, 5) is 27.7. The van der Waals surface area contributed by atoms with E-state index in [1.54, 1.807) is 20.8 Å². The van der Waals surface area contributed by atoms with Crippen LogP contribution in [0.5, 0.6) is 5.88 Å². The molecular weight excluding hydrogens is 305 g/mol. The van der Waals surface area contributed by atoms with Crippen molar-refractivity contribution in [1.29, 1.82) is 0 Å². The van der Waals surface area contributed by atoms with Crippen molar-refractivity contribution in [2.45, 2.75) is 26.3 Å². The van der Waals surface area contributed by atoms with Gasteiger partial charge in [-0.05, 0) is 20.8 Å². The second kappa shape index (κ2) is 6.23. The monoisotopic (exact) mass is 323 g/mol. The number of hydrogen-bond donors (Lipinski definition) is 1. The molecule has 0 aliphatic carbocycles. The molecular formula is C15H18FN3O4. The maximum atomic E-state index is 14.3. The molecule has 2 heterocycles. The second-order valence-electron chi connectivity index (χ2n) is 5.38. The highest BCUT2D eigenvalue weighted by Crippen LogP contribution is 2.19. The predicted molar refractivity (Wildman–Crippen MR) is 82.3 cm³/mol. The third-order valence-electron chi connectivity index (χ3n) is 3.14. The van der Waals surface area contributed by atoms with Gasteiger partial charge in [-0.3, -0.25) is 9.20 Å². The molecule has 0 unspecified atom stereocenters. The van der Waals surface area contributed by atoms with E-state index in [0.717, 1.165) is 10.5 Å². The van der Waals surface area contributed by atoms with E-state index in [-0.39, 0.29) is 17.2 Å². The molecule has 2 aromatic heterocycles. The molecule has 0 amide bonds. The molecule has 0 aromatic carbocycles. The van der Waals surface area contributed by atoms with Crippen molar-refractivity contribution in [1.82, 2.24) is 9.38 Å². The van der Waals surface area contributed by atoms with Gasteiger partial charge >= 0.3 is 5.97 Å². The lowest BCUT2D eigenvalue weighted by Crippen LogP contribution is -2.41. The van der Waals surface area contributed by atoms with Gasteiger partial charge in [0.2, 0.25) is 5.88 Å². The minimum atomic E-state index is -1.09. The molecule has 8 heteroatoms. The van der Waals surface area contributed by atoms with E-state index in [2.05, 4.69) is 15.0 Å². The summed E-state index contributed by atoms with van der Waals surface area (Å²) in [6.07, 6.45) is 1.37. The topological polar surface area (TPSA) is 81.9 Å². The Hall–Kier alpha value is -2.64. The minimum Gasteiger partial charge on any atom is -0.478 e. The van der Waals surface area contributed by atoms with Gasteiger partial charge in [0.25, 0.3) is 5.56 Å². The van der Waals surface area contributed by atoms with E-state index >= 15 is 0 Å². The Bertz CT molecular complexity index is 801. The van der Waals surface area contributed by atoms with Crippen LogP contribution in [0.4, 0.5) is 10.1 Å². The summed E-state index contributed by atoms with van der Waals surface area (Å²) >= 11 is 0. The highest BCUT2D eigenvalue weighted by atomic mass is 19.1. The first-order valence-corrected chi connectivity index (χ1v) is 7.01. The van der Waals surface area contributed by atoms with Crippen LogP contribution in [0.15, 0.2) is 23.1 Å². The molecule has 0 fully saturated rings. The number of ether oxygens (including phenoxy) is 2. The number of carbonyl (C=O) groups excluding carboxylic acids is 1. The Balaban J connectivity index is 2.50. The van der Waals surface area contributed by atoms with Crippen molar-refractivity contribution in [3.63, 3.8) is 0 Å². The van der Waals surface area contributed by atoms with Gasteiger partial charge in [-0.25, -0.2) is 9.18 Å². The first-order valence-electron chi connectivity index (χ1n) is 7.01. The van der Waals surface area contributed by atoms with Crippen molar-refractivity contribution in [2.24, 2.45) is 0 Å². The average molecular weight is 323 g/mol. The van der Waals surface area contributed by atoms with E-state index < -0.39 is 22.9 Å². The SMILES string of the molecule is CCOc1cc(=O)n2cc(NC(C)(C)C(=O)OC)cc(F)c2n1. The second-order valence-corrected chi connectivity index (χ2v) is 5.38. The first kappa shape index (κ1) is 16.7. The van der Waals surface area contributed by atoms with Crippen LogP contribution in [-0.4, -0.2) is 34.6 Å². The number of nitrogens with zero attached hydrogens (tertiary/aromatic N) is 2. The summed E-state index contributed by atoms with van der Waals surface area (Å²) in [5.41, 5.74) is -1.48. The zero-order chi connectivity index (χ0) is 17.2. The smallest absolute Gasteiger partial charge is 0.330 e. The number of nitrogens with one attached hydrogen (secondary N) is 1. The lowest BCUT2D eigenvalue weighted by Gasteiger charge is -2.24. The van der Waals surface area contributed by atoms with Gasteiger partial charge in [-0.2, -0.15) is 4.98 Å². The summed E-state index contributed by atoms with van der Waals surface area (Å²) < 4.78 is 25.1. The fourth-order valence-electron chi connectivity index (χ4n) is 2.10. The largest absolute Gasteiger partial charge is 0.478 e. The third-order valence-corrected chi connectivity index (χ3v) is 3.14. The number of rotatable bonds is 5. The number of halogens is 1. The number of pyridine rings is 1. The van der Waals surface area contributed by atoms with E-state index in [1.165, 1.54) is 19.4 Å². The molecule has 23 heavy (non-hydrogen) atoms. The zero-order valence-corrected chi connectivity index (χ0v) is 13.3. The van der Waals surface area contributed by atoms with Gasteiger partial charge in [-0.1, -0.05) is 0 Å². The van der Waals surface area contributed by atoms with E-state index in [1.807, 2.05) is 0 Å². The molecule has 0 aliphatic heterocycles. The predicted octanol–water partition coefficient (Wildman–Crippen LogP) is 1.60. The molecule has 0 radical (unpaired) electrons. The van der Waals surface area contributed by atoms with Gasteiger partial charge < -0.3 is 14.8 Å². The summed E-state index contributed by atoms with van der Waals surface area (Å²) in [6, 6.07) is 2.33. The lowest BCUT2D eigenvalue weighted by atomic mass is 10.1. The molecule has 2 aromatic rings. The maximum Gasteiger partial charge on any atom is 0.330 e. The van der Waals surface area contributed by atoms with Crippen LogP contribution in [0.1, 0.15) is 20.8 Å². The van der Waals surface area contributed by atoms with Gasteiger partial charge in [0.1, 0.15) is 5.54 Å². The van der Waals surface area contributed by atoms with Crippen molar-refractivity contribution < 1.29 is 18.7 Å². The highest BCUT2D eigenvalue weighted by Gasteiger charge is 2.28. The highest BCUT2D eigenvalue weighted by molar-refractivity contribution is 5.83. The molecule has 1 N–H and O–H groups in total. The maximum absolute atomic E-state index is 14.3. The molecule has 7 nitrogen and oxygen atoms in total. The number of anilines is 1. The van der Waals surface area contributed by atoms with Crippen LogP contribution in [0.2, 0.25) is 0 Å². The molecule has 0 saturated carbocycles. The summed E-state index contributed by atoms with van der Waals surface area (Å²) in [5, 5.41) is 2.84. The standard InChI is InChI=1S/C15H18FN3O4/c1-5-23-11-7-12(20)19-8-9(6-10(16)13(19)17-11)18-15(2,3)14(21)22-4/h6-8,18H,5H2,1-4H3. The number of methoxy groups -OCH3 is 1. The molecule has 0 atom stereocenters. The molecule has 124 valence electrons. The molecule has 0 spiro atoms. The fraction of sp³-hybridized carbons (Fsp3) is 0.400. The Morgan fingerprint density at radius 3 is 2.74 bits per heavy atom. The van der Waals surface area contributed by atoms with Crippen LogP contribution < -0.4 is 15.6 Å². The lowest BCUT2D eigenvalue weighted by molar-refractivity contribution is -0.144. The Labute approximate surface area is 132 Å². The molecule has 0 saturated heterocycles. The summed E-state index contributed by atoms with van der Waals surface area (Å²) in [6.45, 7) is 5.22. The van der Waals surface area contributed by atoms with E-state index in [0.29, 0.717) is 6.61 Å². The number of hydrogen-bond acceptors (Lipinski definition) is 6. The van der Waals surface area contributed by atoms with Crippen LogP contribution >= 0.6 is 0 Å². The zero-order valence-electron chi connectivity index (χ0n) is 13.3. The normalized spacial score (nSPS) is 11.3. The van der Waals surface area contributed by atoms with Gasteiger partial charge in [0.05, 0.1) is 25.5 Å². The third kappa shape index (κ3) is 3.41. The first-order chi connectivity index (χ1) is 10.8. The van der Waals surface area contributed by atoms with E-state index in [9.17, 15) is 14.0 Å². The van der Waals surface area contributed by atoms with Gasteiger partial charge in [0.15, 0.2) is 11.5 Å². The van der Waals surface area contributed by atoms with Gasteiger partial charge in [-0.15, -0.1) is 0 Å². The molecule has 2 rings (SSSR count). The molecule has 0 aliphatic rings. The van der Waals surface area contributed by atoms with Crippen molar-refractivity contribution in [3.05, 3.63) is 34.5 Å². The van der Waals surface area contributed by atoms with Crippen molar-refractivity contribution >= 4 is 17.3 Å². The summed E-state index contributed by atoms with van der Waals surface area (Å²) in [5.74, 6) is -1.17. The number of esters is 1. The van der Waals surface area contributed by atoms with E-state index in [4.69, 9.17) is 4.74 Å². The van der Waals surface area contributed by atoms with Crippen LogP contribution in [0, 0.1) is 5.82 Å². The minimum absolute atomic E-state index is 0.0620. The number of carbonyl (C=O) groups is 1. The van der Waals surface area contributed by atoms with Crippen molar-refractivity contribution in [2.75, 3.05) is 19.0 Å². The Morgan fingerprint density at radius 1 is 1.43 bits per heavy atom. The number of fused-ring (bicyclic) bond motifs is 1. The van der Waals surface area contributed by atoms with Crippen molar-refractivity contribution in [3.8, 4) is 5.88 Å². The summed E-state index contributed by atoms with van der Waals surface area (Å²) in [7, 11) is 1.26. The molecule has 0 bridgehead atoms. The Morgan fingerprint density at radius 2 is 2.13 bits per heavy atom. The van der Waals surface area contributed by atoms with Gasteiger partial charge in [0, 0.05) is 12.3 Å². The Kier molecular flexibility index (Phi) is 4.53.